The van der Waals surface area contributed by atoms with E-state index in [9.17, 15) is 9.90 Å². The summed E-state index contributed by atoms with van der Waals surface area (Å²) in [4.78, 5) is 28.8. The van der Waals surface area contributed by atoms with Crippen molar-refractivity contribution in [3.05, 3.63) is 47.8 Å². The molecular weight excluding hydrogens is 366 g/mol. The van der Waals surface area contributed by atoms with Crippen LogP contribution in [0.1, 0.15) is 36.2 Å². The second-order valence-corrected chi connectivity index (χ2v) is 8.61. The number of likely N-dealkylation sites (tertiary alicyclic amines) is 2. The molecule has 2 aliphatic heterocycles. The van der Waals surface area contributed by atoms with Crippen LogP contribution < -0.4 is 0 Å². The first-order chi connectivity index (χ1) is 14.1. The van der Waals surface area contributed by atoms with Crippen LogP contribution in [0.5, 0.6) is 0 Å². The molecule has 1 atom stereocenters. The average Bonchev–Trinajstić information content (AvgIpc) is 3.15. The molecule has 0 bridgehead atoms. The first-order valence-corrected chi connectivity index (χ1v) is 10.6. The number of carbonyl (C=O) groups is 1. The molecule has 1 unspecified atom stereocenters. The van der Waals surface area contributed by atoms with Gasteiger partial charge >= 0.3 is 0 Å². The Morgan fingerprint density at radius 2 is 1.97 bits per heavy atom. The molecule has 0 aromatic carbocycles. The van der Waals surface area contributed by atoms with Crippen LogP contribution in [-0.2, 0) is 17.8 Å². The number of aromatic amines is 1. The third kappa shape index (κ3) is 4.36. The number of pyridine rings is 1. The standard InChI is InChI=1S/C22H31N5O2/c1-17-20(25-16-24-17)14-26-9-4-22(5-10-26)6-11-27(13-19(22)15-28)21(29)12-18-2-7-23-8-3-18/h2-3,7-8,16,19,28H,4-6,9-15H2,1H3,(H,24,25). The number of nitrogens with one attached hydrogen (secondary N) is 1. The van der Waals surface area contributed by atoms with Crippen molar-refractivity contribution < 1.29 is 9.90 Å². The molecule has 2 aromatic heterocycles. The van der Waals surface area contributed by atoms with Gasteiger partial charge in [-0.15, -0.1) is 0 Å². The summed E-state index contributed by atoms with van der Waals surface area (Å²) in [6.07, 6.45) is 8.75. The van der Waals surface area contributed by atoms with Gasteiger partial charge in [0.2, 0.25) is 5.91 Å². The van der Waals surface area contributed by atoms with Crippen LogP contribution in [-0.4, -0.2) is 68.6 Å². The maximum absolute atomic E-state index is 12.8. The van der Waals surface area contributed by atoms with Crippen molar-refractivity contribution in [2.24, 2.45) is 11.3 Å². The Bertz CT molecular complexity index is 814. The minimum Gasteiger partial charge on any atom is -0.396 e. The third-order valence-electron chi connectivity index (χ3n) is 7.02. The number of amides is 1. The highest BCUT2D eigenvalue weighted by molar-refractivity contribution is 5.78. The fraction of sp³-hybridized carbons (Fsp3) is 0.591. The van der Waals surface area contributed by atoms with Crippen LogP contribution in [0.2, 0.25) is 0 Å². The van der Waals surface area contributed by atoms with Crippen LogP contribution in [0, 0.1) is 18.3 Å². The quantitative estimate of drug-likeness (QED) is 0.803. The summed E-state index contributed by atoms with van der Waals surface area (Å²) in [6.45, 7) is 6.59. The summed E-state index contributed by atoms with van der Waals surface area (Å²) in [7, 11) is 0. The molecule has 29 heavy (non-hydrogen) atoms. The molecule has 2 N–H and O–H groups in total. The van der Waals surface area contributed by atoms with E-state index in [1.807, 2.05) is 17.0 Å². The largest absolute Gasteiger partial charge is 0.396 e. The molecule has 7 nitrogen and oxygen atoms in total. The number of carbonyl (C=O) groups excluding carboxylic acids is 1. The van der Waals surface area contributed by atoms with Crippen molar-refractivity contribution in [1.82, 2.24) is 24.8 Å². The van der Waals surface area contributed by atoms with Gasteiger partial charge in [-0.3, -0.25) is 14.7 Å². The van der Waals surface area contributed by atoms with E-state index in [1.54, 1.807) is 18.7 Å². The van der Waals surface area contributed by atoms with Crippen molar-refractivity contribution in [3.63, 3.8) is 0 Å². The van der Waals surface area contributed by atoms with Gasteiger partial charge in [0.1, 0.15) is 0 Å². The minimum absolute atomic E-state index is 0.149. The van der Waals surface area contributed by atoms with Crippen molar-refractivity contribution in [2.45, 2.75) is 39.2 Å². The van der Waals surface area contributed by atoms with Crippen LogP contribution in [0.4, 0.5) is 0 Å². The Labute approximate surface area is 172 Å². The highest BCUT2D eigenvalue weighted by Crippen LogP contribution is 2.45. The van der Waals surface area contributed by atoms with Crippen molar-refractivity contribution in [3.8, 4) is 0 Å². The molecule has 2 aromatic rings. The van der Waals surface area contributed by atoms with E-state index in [-0.39, 0.29) is 23.8 Å². The molecule has 0 radical (unpaired) electrons. The average molecular weight is 398 g/mol. The lowest BCUT2D eigenvalue weighted by Gasteiger charge is -2.51. The van der Waals surface area contributed by atoms with Gasteiger partial charge in [0.05, 0.1) is 18.4 Å². The molecule has 0 saturated carbocycles. The number of H-pyrrole nitrogens is 1. The molecule has 156 valence electrons. The Hall–Kier alpha value is -2.25. The molecule has 7 heteroatoms. The van der Waals surface area contributed by atoms with E-state index in [4.69, 9.17) is 0 Å². The highest BCUT2D eigenvalue weighted by atomic mass is 16.3. The predicted molar refractivity (Wildman–Crippen MR) is 110 cm³/mol. The second kappa shape index (κ2) is 8.63. The zero-order valence-corrected chi connectivity index (χ0v) is 17.2. The third-order valence-corrected chi connectivity index (χ3v) is 7.02. The van der Waals surface area contributed by atoms with Crippen LogP contribution >= 0.6 is 0 Å². The number of imidazole rings is 1. The summed E-state index contributed by atoms with van der Waals surface area (Å²) in [5.41, 5.74) is 3.41. The number of aliphatic hydroxyl groups is 1. The van der Waals surface area contributed by atoms with E-state index in [0.29, 0.717) is 13.0 Å². The normalized spacial score (nSPS) is 22.1. The number of aliphatic hydroxyl groups excluding tert-OH is 1. The SMILES string of the molecule is Cc1[nH]cnc1CN1CCC2(CC1)CCN(C(=O)Cc1ccncc1)CC2CO. The van der Waals surface area contributed by atoms with Gasteiger partial charge in [0, 0.05) is 50.2 Å². The molecule has 2 fully saturated rings. The molecule has 1 spiro atoms. The van der Waals surface area contributed by atoms with E-state index < -0.39 is 0 Å². The summed E-state index contributed by atoms with van der Waals surface area (Å²) in [5.74, 6) is 0.308. The zero-order valence-electron chi connectivity index (χ0n) is 17.2. The summed E-state index contributed by atoms with van der Waals surface area (Å²) in [5, 5.41) is 10.1. The topological polar surface area (TPSA) is 85.4 Å². The smallest absolute Gasteiger partial charge is 0.227 e. The molecule has 2 saturated heterocycles. The van der Waals surface area contributed by atoms with Crippen molar-refractivity contribution >= 4 is 5.91 Å². The lowest BCUT2D eigenvalue weighted by molar-refractivity contribution is -0.137. The Morgan fingerprint density at radius 3 is 2.62 bits per heavy atom. The van der Waals surface area contributed by atoms with E-state index in [0.717, 1.165) is 62.4 Å². The highest BCUT2D eigenvalue weighted by Gasteiger charge is 2.45. The first-order valence-electron chi connectivity index (χ1n) is 10.6. The Balaban J connectivity index is 1.34. The monoisotopic (exact) mass is 397 g/mol. The number of piperidine rings is 2. The molecule has 2 aliphatic rings. The van der Waals surface area contributed by atoms with Gasteiger partial charge in [-0.25, -0.2) is 4.98 Å². The molecule has 4 rings (SSSR count). The lowest BCUT2D eigenvalue weighted by atomic mass is 9.64. The van der Waals surface area contributed by atoms with Gasteiger partial charge in [0.25, 0.3) is 0 Å². The number of nitrogens with zero attached hydrogens (tertiary/aromatic N) is 4. The maximum atomic E-state index is 12.8. The summed E-state index contributed by atoms with van der Waals surface area (Å²) < 4.78 is 0. The summed E-state index contributed by atoms with van der Waals surface area (Å²) in [6, 6.07) is 3.79. The predicted octanol–water partition coefficient (Wildman–Crippen LogP) is 1.78. The van der Waals surface area contributed by atoms with Gasteiger partial charge in [-0.1, -0.05) is 0 Å². The van der Waals surface area contributed by atoms with Crippen LogP contribution in [0.15, 0.2) is 30.9 Å². The fourth-order valence-electron chi connectivity index (χ4n) is 4.95. The molecule has 0 aliphatic carbocycles. The van der Waals surface area contributed by atoms with Gasteiger partial charge in [-0.05, 0) is 62.4 Å². The number of aromatic nitrogens is 3. The van der Waals surface area contributed by atoms with Gasteiger partial charge in [0.15, 0.2) is 0 Å². The van der Waals surface area contributed by atoms with Gasteiger partial charge in [-0.2, -0.15) is 0 Å². The van der Waals surface area contributed by atoms with Crippen molar-refractivity contribution in [1.29, 1.82) is 0 Å². The number of rotatable bonds is 5. The van der Waals surface area contributed by atoms with E-state index >= 15 is 0 Å². The van der Waals surface area contributed by atoms with Crippen LogP contribution in [0.3, 0.4) is 0 Å². The van der Waals surface area contributed by atoms with Gasteiger partial charge < -0.3 is 15.0 Å². The van der Waals surface area contributed by atoms with E-state index in [2.05, 4.69) is 26.8 Å². The zero-order chi connectivity index (χ0) is 20.3. The number of hydrogen-bond donors (Lipinski definition) is 2. The lowest BCUT2D eigenvalue weighted by Crippen LogP contribution is -2.54. The minimum atomic E-state index is 0.149. The second-order valence-electron chi connectivity index (χ2n) is 8.61. The molecule has 1 amide bonds. The molecular formula is C22H31N5O2. The Morgan fingerprint density at radius 1 is 1.24 bits per heavy atom. The fourth-order valence-corrected chi connectivity index (χ4v) is 4.95. The van der Waals surface area contributed by atoms with E-state index in [1.165, 1.54) is 0 Å². The molecule has 4 heterocycles. The van der Waals surface area contributed by atoms with Crippen LogP contribution in [0.25, 0.3) is 0 Å². The number of aryl methyl sites for hydroxylation is 1. The van der Waals surface area contributed by atoms with Crippen molar-refractivity contribution in [2.75, 3.05) is 32.8 Å². The first kappa shape index (κ1) is 20.0. The summed E-state index contributed by atoms with van der Waals surface area (Å²) >= 11 is 0. The number of hydrogen-bond acceptors (Lipinski definition) is 5. The maximum Gasteiger partial charge on any atom is 0.227 e. The Kier molecular flexibility index (Phi) is 5.96.